The van der Waals surface area contributed by atoms with E-state index in [2.05, 4.69) is 43.1 Å². The molecule has 0 aliphatic heterocycles. The minimum atomic E-state index is -0.108. The number of hydrogen-bond donors (Lipinski definition) is 1. The molecule has 140 valence electrons. The van der Waals surface area contributed by atoms with E-state index in [1.807, 2.05) is 25.1 Å². The molecule has 1 amide bonds. The Bertz CT molecular complexity index is 707. The lowest BCUT2D eigenvalue weighted by molar-refractivity contribution is 0.102. The lowest BCUT2D eigenvalue weighted by Gasteiger charge is -2.22. The van der Waals surface area contributed by atoms with Crippen molar-refractivity contribution in [3.8, 4) is 5.75 Å². The number of anilines is 2. The van der Waals surface area contributed by atoms with Gasteiger partial charge in [-0.1, -0.05) is 13.3 Å². The zero-order valence-corrected chi connectivity index (χ0v) is 16.3. The summed E-state index contributed by atoms with van der Waals surface area (Å²) in [6.07, 6.45) is 2.14. The summed E-state index contributed by atoms with van der Waals surface area (Å²) < 4.78 is 5.64. The molecule has 2 aromatic rings. The van der Waals surface area contributed by atoms with Crippen LogP contribution in [0.4, 0.5) is 11.4 Å². The Hall–Kier alpha value is -2.49. The number of aryl methyl sites for hydroxylation is 1. The van der Waals surface area contributed by atoms with Gasteiger partial charge in [0.25, 0.3) is 5.91 Å². The zero-order valence-electron chi connectivity index (χ0n) is 16.3. The summed E-state index contributed by atoms with van der Waals surface area (Å²) in [6.45, 7) is 11.1. The zero-order chi connectivity index (χ0) is 18.9. The number of rotatable bonds is 9. The summed E-state index contributed by atoms with van der Waals surface area (Å²) >= 11 is 0. The first-order valence-corrected chi connectivity index (χ1v) is 9.48. The van der Waals surface area contributed by atoms with Crippen LogP contribution in [0.2, 0.25) is 0 Å². The molecule has 4 heteroatoms. The second kappa shape index (κ2) is 9.85. The minimum absolute atomic E-state index is 0.108. The molecule has 0 aliphatic carbocycles. The first kappa shape index (κ1) is 19.8. The fourth-order valence-corrected chi connectivity index (χ4v) is 2.80. The topological polar surface area (TPSA) is 41.6 Å². The maximum Gasteiger partial charge on any atom is 0.255 e. The molecule has 0 aliphatic rings. The van der Waals surface area contributed by atoms with Gasteiger partial charge in [-0.05, 0) is 75.2 Å². The molecular weight excluding hydrogens is 324 g/mol. The van der Waals surface area contributed by atoms with Crippen LogP contribution in [0.15, 0.2) is 42.5 Å². The van der Waals surface area contributed by atoms with E-state index in [1.165, 1.54) is 5.69 Å². The van der Waals surface area contributed by atoms with Gasteiger partial charge in [0.15, 0.2) is 0 Å². The number of carbonyl (C=O) groups is 1. The summed E-state index contributed by atoms with van der Waals surface area (Å²) in [5, 5.41) is 3.00. The van der Waals surface area contributed by atoms with Crippen molar-refractivity contribution >= 4 is 17.3 Å². The molecule has 0 bridgehead atoms. The number of ether oxygens (including phenoxy) is 1. The summed E-state index contributed by atoms with van der Waals surface area (Å²) in [4.78, 5) is 14.8. The van der Waals surface area contributed by atoms with Crippen molar-refractivity contribution in [2.24, 2.45) is 0 Å². The minimum Gasteiger partial charge on any atom is -0.494 e. The number of benzene rings is 2. The Labute approximate surface area is 157 Å². The molecule has 0 unspecified atom stereocenters. The molecule has 0 atom stereocenters. The summed E-state index contributed by atoms with van der Waals surface area (Å²) in [6, 6.07) is 13.4. The van der Waals surface area contributed by atoms with Crippen LogP contribution < -0.4 is 15.0 Å². The average molecular weight is 354 g/mol. The van der Waals surface area contributed by atoms with E-state index in [9.17, 15) is 4.79 Å². The first-order valence-electron chi connectivity index (χ1n) is 9.48. The van der Waals surface area contributed by atoms with Gasteiger partial charge in [0, 0.05) is 30.0 Å². The van der Waals surface area contributed by atoms with Crippen LogP contribution in [0, 0.1) is 6.92 Å². The van der Waals surface area contributed by atoms with Crippen molar-refractivity contribution in [1.82, 2.24) is 0 Å². The molecule has 26 heavy (non-hydrogen) atoms. The van der Waals surface area contributed by atoms with E-state index in [-0.39, 0.29) is 5.91 Å². The molecule has 1 N–H and O–H groups in total. The van der Waals surface area contributed by atoms with Crippen molar-refractivity contribution in [3.05, 3.63) is 53.6 Å². The number of nitrogens with zero attached hydrogens (tertiary/aromatic N) is 1. The standard InChI is InChI=1S/C22H30N2O2/c1-5-8-15-26-20-12-9-18(10-13-20)22(25)23-21-14-11-19(16-17(21)4)24(6-2)7-3/h9-14,16H,5-8,15H2,1-4H3,(H,23,25). The predicted octanol–water partition coefficient (Wildman–Crippen LogP) is 5.27. The number of nitrogens with one attached hydrogen (secondary N) is 1. The molecule has 4 nitrogen and oxygen atoms in total. The van der Waals surface area contributed by atoms with E-state index in [0.717, 1.165) is 42.9 Å². The van der Waals surface area contributed by atoms with Crippen LogP contribution in [-0.2, 0) is 0 Å². The molecule has 2 rings (SSSR count). The van der Waals surface area contributed by atoms with Crippen LogP contribution in [0.3, 0.4) is 0 Å². The van der Waals surface area contributed by atoms with Gasteiger partial charge in [-0.3, -0.25) is 4.79 Å². The van der Waals surface area contributed by atoms with Crippen molar-refractivity contribution in [2.75, 3.05) is 29.9 Å². The molecule has 0 saturated heterocycles. The molecule has 0 fully saturated rings. The fourth-order valence-electron chi connectivity index (χ4n) is 2.80. The maximum atomic E-state index is 12.5. The van der Waals surface area contributed by atoms with Gasteiger partial charge in [-0.15, -0.1) is 0 Å². The van der Waals surface area contributed by atoms with Gasteiger partial charge in [0.05, 0.1) is 6.61 Å². The molecule has 0 heterocycles. The lowest BCUT2D eigenvalue weighted by atomic mass is 10.1. The molecule has 2 aromatic carbocycles. The van der Waals surface area contributed by atoms with Gasteiger partial charge in [0.2, 0.25) is 0 Å². The highest BCUT2D eigenvalue weighted by Gasteiger charge is 2.10. The smallest absolute Gasteiger partial charge is 0.255 e. The Balaban J connectivity index is 2.03. The molecule has 0 spiro atoms. The Morgan fingerprint density at radius 1 is 1.04 bits per heavy atom. The third-order valence-corrected chi connectivity index (χ3v) is 4.47. The lowest BCUT2D eigenvalue weighted by Crippen LogP contribution is -2.22. The fraction of sp³-hybridized carbons (Fsp3) is 0.409. The molecule has 0 saturated carbocycles. The predicted molar refractivity (Wildman–Crippen MR) is 110 cm³/mol. The second-order valence-electron chi connectivity index (χ2n) is 6.35. The van der Waals surface area contributed by atoms with Gasteiger partial charge in [-0.25, -0.2) is 0 Å². The Kier molecular flexibility index (Phi) is 7.52. The molecule has 0 aromatic heterocycles. The normalized spacial score (nSPS) is 10.5. The highest BCUT2D eigenvalue weighted by Crippen LogP contribution is 2.23. The van der Waals surface area contributed by atoms with Crippen molar-refractivity contribution in [1.29, 1.82) is 0 Å². The maximum absolute atomic E-state index is 12.5. The summed E-state index contributed by atoms with van der Waals surface area (Å²) in [7, 11) is 0. The third kappa shape index (κ3) is 5.25. The SMILES string of the molecule is CCCCOc1ccc(C(=O)Nc2ccc(N(CC)CC)cc2C)cc1. The second-order valence-corrected chi connectivity index (χ2v) is 6.35. The highest BCUT2D eigenvalue weighted by molar-refractivity contribution is 6.04. The monoisotopic (exact) mass is 354 g/mol. The number of carbonyl (C=O) groups excluding carboxylic acids is 1. The van der Waals surface area contributed by atoms with Crippen LogP contribution >= 0.6 is 0 Å². The van der Waals surface area contributed by atoms with E-state index in [1.54, 1.807) is 12.1 Å². The van der Waals surface area contributed by atoms with E-state index in [0.29, 0.717) is 12.2 Å². The Morgan fingerprint density at radius 2 is 1.73 bits per heavy atom. The van der Waals surface area contributed by atoms with Crippen LogP contribution in [0.25, 0.3) is 0 Å². The van der Waals surface area contributed by atoms with Crippen LogP contribution in [0.5, 0.6) is 5.75 Å². The Morgan fingerprint density at radius 3 is 2.31 bits per heavy atom. The third-order valence-electron chi connectivity index (χ3n) is 4.47. The van der Waals surface area contributed by atoms with Crippen molar-refractivity contribution in [3.63, 3.8) is 0 Å². The van der Waals surface area contributed by atoms with E-state index < -0.39 is 0 Å². The van der Waals surface area contributed by atoms with Gasteiger partial charge < -0.3 is 15.0 Å². The van der Waals surface area contributed by atoms with Crippen LogP contribution in [0.1, 0.15) is 49.5 Å². The average Bonchev–Trinajstić information content (AvgIpc) is 2.65. The largest absolute Gasteiger partial charge is 0.494 e. The first-order chi connectivity index (χ1) is 12.6. The number of amides is 1. The quantitative estimate of drug-likeness (QED) is 0.624. The van der Waals surface area contributed by atoms with Crippen LogP contribution in [-0.4, -0.2) is 25.6 Å². The molecular formula is C22H30N2O2. The number of hydrogen-bond acceptors (Lipinski definition) is 3. The van der Waals surface area contributed by atoms with Gasteiger partial charge in [0.1, 0.15) is 5.75 Å². The van der Waals surface area contributed by atoms with Gasteiger partial charge in [-0.2, -0.15) is 0 Å². The molecule has 0 radical (unpaired) electrons. The summed E-state index contributed by atoms with van der Waals surface area (Å²) in [5.41, 5.74) is 3.70. The van der Waals surface area contributed by atoms with Gasteiger partial charge >= 0.3 is 0 Å². The van der Waals surface area contributed by atoms with E-state index >= 15 is 0 Å². The highest BCUT2D eigenvalue weighted by atomic mass is 16.5. The van der Waals surface area contributed by atoms with Crippen molar-refractivity contribution < 1.29 is 9.53 Å². The summed E-state index contributed by atoms with van der Waals surface area (Å²) in [5.74, 6) is 0.693. The van der Waals surface area contributed by atoms with E-state index in [4.69, 9.17) is 4.74 Å². The number of unbranched alkanes of at least 4 members (excludes halogenated alkanes) is 1. The van der Waals surface area contributed by atoms with Crippen molar-refractivity contribution in [2.45, 2.75) is 40.5 Å².